The number of nitrogens with zero attached hydrogens (tertiary/aromatic N) is 2. The molecule has 1 heterocycles. The van der Waals surface area contributed by atoms with Crippen LogP contribution < -0.4 is 5.73 Å². The first-order valence-corrected chi connectivity index (χ1v) is 4.79. The van der Waals surface area contributed by atoms with Gasteiger partial charge in [0.15, 0.2) is 0 Å². The first-order chi connectivity index (χ1) is 5.77. The highest BCUT2D eigenvalue weighted by atomic mass is 79.9. The van der Waals surface area contributed by atoms with Crippen molar-refractivity contribution in [3.63, 3.8) is 0 Å². The van der Waals surface area contributed by atoms with Crippen LogP contribution in [0.25, 0.3) is 0 Å². The van der Waals surface area contributed by atoms with Crippen LogP contribution in [-0.4, -0.2) is 9.97 Å². The predicted molar refractivity (Wildman–Crippen MR) is 49.4 cm³/mol. The molecule has 2 N–H and O–H groups in total. The van der Waals surface area contributed by atoms with E-state index in [1.165, 1.54) is 12.8 Å². The lowest BCUT2D eigenvalue weighted by Crippen LogP contribution is -2.15. The molecule has 4 heteroatoms. The molecule has 0 aliphatic heterocycles. The first-order valence-electron chi connectivity index (χ1n) is 4.00. The lowest BCUT2D eigenvalue weighted by molar-refractivity contribution is 0.592. The Morgan fingerprint density at radius 1 is 1.42 bits per heavy atom. The van der Waals surface area contributed by atoms with Crippen molar-refractivity contribution >= 4 is 15.9 Å². The highest BCUT2D eigenvalue weighted by Gasteiger charge is 2.31. The smallest absolute Gasteiger partial charge is 0.145 e. The van der Waals surface area contributed by atoms with Crippen LogP contribution in [0.3, 0.4) is 0 Å². The fourth-order valence-corrected chi connectivity index (χ4v) is 1.37. The summed E-state index contributed by atoms with van der Waals surface area (Å²) in [5.74, 6) is 1.38. The molecule has 0 aromatic carbocycles. The van der Waals surface area contributed by atoms with Gasteiger partial charge in [-0.05, 0) is 34.7 Å². The standard InChI is InChI=1S/C8H10BrN3/c9-6-3-11-8(12-4-6)7(10)5-1-2-5/h3-5,7H,1-2,10H2. The number of nitrogens with two attached hydrogens (primary N) is 1. The van der Waals surface area contributed by atoms with Crippen molar-refractivity contribution < 1.29 is 0 Å². The van der Waals surface area contributed by atoms with Crippen LogP contribution in [0.2, 0.25) is 0 Å². The predicted octanol–water partition coefficient (Wildman–Crippen LogP) is 1.65. The third-order valence-corrected chi connectivity index (χ3v) is 2.48. The second-order valence-corrected chi connectivity index (χ2v) is 4.04. The van der Waals surface area contributed by atoms with Gasteiger partial charge in [0.05, 0.1) is 10.5 Å². The molecule has 1 unspecified atom stereocenters. The summed E-state index contributed by atoms with van der Waals surface area (Å²) in [7, 11) is 0. The molecule has 1 atom stereocenters. The van der Waals surface area contributed by atoms with Gasteiger partial charge in [-0.25, -0.2) is 9.97 Å². The molecule has 12 heavy (non-hydrogen) atoms. The van der Waals surface area contributed by atoms with E-state index in [9.17, 15) is 0 Å². The van der Waals surface area contributed by atoms with Crippen LogP contribution in [0.1, 0.15) is 24.7 Å². The Morgan fingerprint density at radius 3 is 2.50 bits per heavy atom. The van der Waals surface area contributed by atoms with Gasteiger partial charge in [0, 0.05) is 12.4 Å². The van der Waals surface area contributed by atoms with Gasteiger partial charge in [-0.3, -0.25) is 0 Å². The molecule has 0 amide bonds. The Labute approximate surface area is 79.5 Å². The zero-order valence-electron chi connectivity index (χ0n) is 6.57. The Hall–Kier alpha value is -0.480. The van der Waals surface area contributed by atoms with Crippen LogP contribution in [0.4, 0.5) is 0 Å². The van der Waals surface area contributed by atoms with Gasteiger partial charge in [-0.1, -0.05) is 0 Å². The van der Waals surface area contributed by atoms with Gasteiger partial charge in [0.25, 0.3) is 0 Å². The molecule has 1 aliphatic rings. The van der Waals surface area contributed by atoms with Crippen molar-refractivity contribution in [3.05, 3.63) is 22.7 Å². The Balaban J connectivity index is 2.16. The first kappa shape index (κ1) is 8.13. The van der Waals surface area contributed by atoms with Gasteiger partial charge < -0.3 is 5.73 Å². The summed E-state index contributed by atoms with van der Waals surface area (Å²) in [4.78, 5) is 8.31. The zero-order valence-corrected chi connectivity index (χ0v) is 8.16. The lowest BCUT2D eigenvalue weighted by atomic mass is 10.2. The number of hydrogen-bond donors (Lipinski definition) is 1. The molecule has 1 fully saturated rings. The number of hydrogen-bond acceptors (Lipinski definition) is 3. The average molecular weight is 228 g/mol. The van der Waals surface area contributed by atoms with Gasteiger partial charge in [0.1, 0.15) is 5.82 Å². The summed E-state index contributed by atoms with van der Waals surface area (Å²) in [6, 6.07) is 0.0399. The van der Waals surface area contributed by atoms with E-state index in [0.717, 1.165) is 10.3 Å². The number of rotatable bonds is 2. The topological polar surface area (TPSA) is 51.8 Å². The van der Waals surface area contributed by atoms with Crippen molar-refractivity contribution in [2.75, 3.05) is 0 Å². The number of aromatic nitrogens is 2. The van der Waals surface area contributed by atoms with E-state index in [4.69, 9.17) is 5.73 Å². The van der Waals surface area contributed by atoms with Crippen LogP contribution in [0.15, 0.2) is 16.9 Å². The molecule has 2 rings (SSSR count). The monoisotopic (exact) mass is 227 g/mol. The molecule has 1 aromatic rings. The Bertz CT molecular complexity index is 268. The maximum absolute atomic E-state index is 5.91. The third kappa shape index (κ3) is 1.64. The van der Waals surface area contributed by atoms with Crippen molar-refractivity contribution in [1.29, 1.82) is 0 Å². The minimum atomic E-state index is 0.0399. The molecule has 0 saturated heterocycles. The van der Waals surface area contributed by atoms with Crippen LogP contribution >= 0.6 is 15.9 Å². The van der Waals surface area contributed by atoms with E-state index in [2.05, 4.69) is 25.9 Å². The molecular weight excluding hydrogens is 218 g/mol. The maximum Gasteiger partial charge on any atom is 0.145 e. The van der Waals surface area contributed by atoms with Crippen LogP contribution in [0.5, 0.6) is 0 Å². The largest absolute Gasteiger partial charge is 0.321 e. The SMILES string of the molecule is NC(c1ncc(Br)cn1)C1CC1. The summed E-state index contributed by atoms with van der Waals surface area (Å²) in [6.07, 6.45) is 5.93. The van der Waals surface area contributed by atoms with E-state index in [-0.39, 0.29) is 6.04 Å². The molecule has 1 aromatic heterocycles. The van der Waals surface area contributed by atoms with E-state index in [1.54, 1.807) is 12.4 Å². The summed E-state index contributed by atoms with van der Waals surface area (Å²) < 4.78 is 0.897. The Kier molecular flexibility index (Phi) is 2.11. The van der Waals surface area contributed by atoms with Crippen molar-refractivity contribution in [1.82, 2.24) is 9.97 Å². The third-order valence-electron chi connectivity index (χ3n) is 2.07. The molecule has 1 saturated carbocycles. The molecular formula is C8H10BrN3. The van der Waals surface area contributed by atoms with Gasteiger partial charge in [-0.2, -0.15) is 0 Å². The summed E-state index contributed by atoms with van der Waals surface area (Å²) in [5.41, 5.74) is 5.91. The lowest BCUT2D eigenvalue weighted by Gasteiger charge is -2.06. The summed E-state index contributed by atoms with van der Waals surface area (Å²) in [6.45, 7) is 0. The minimum absolute atomic E-state index is 0.0399. The molecule has 0 bridgehead atoms. The highest BCUT2D eigenvalue weighted by molar-refractivity contribution is 9.10. The van der Waals surface area contributed by atoms with Crippen molar-refractivity contribution in [3.8, 4) is 0 Å². The summed E-state index contributed by atoms with van der Waals surface area (Å²) in [5, 5.41) is 0. The molecule has 3 nitrogen and oxygen atoms in total. The second kappa shape index (κ2) is 3.11. The van der Waals surface area contributed by atoms with Crippen LogP contribution in [0, 0.1) is 5.92 Å². The van der Waals surface area contributed by atoms with E-state index < -0.39 is 0 Å². The highest BCUT2D eigenvalue weighted by Crippen LogP contribution is 2.38. The quantitative estimate of drug-likeness (QED) is 0.837. The average Bonchev–Trinajstić information content (AvgIpc) is 2.87. The fraction of sp³-hybridized carbons (Fsp3) is 0.500. The van der Waals surface area contributed by atoms with Gasteiger partial charge in [-0.15, -0.1) is 0 Å². The molecule has 0 spiro atoms. The normalized spacial score (nSPS) is 19.2. The van der Waals surface area contributed by atoms with E-state index in [1.807, 2.05) is 0 Å². The van der Waals surface area contributed by atoms with Crippen molar-refractivity contribution in [2.45, 2.75) is 18.9 Å². The van der Waals surface area contributed by atoms with Gasteiger partial charge >= 0.3 is 0 Å². The Morgan fingerprint density at radius 2 is 2.00 bits per heavy atom. The number of halogens is 1. The zero-order chi connectivity index (χ0) is 8.55. The van der Waals surface area contributed by atoms with E-state index >= 15 is 0 Å². The molecule has 64 valence electrons. The minimum Gasteiger partial charge on any atom is -0.321 e. The van der Waals surface area contributed by atoms with Crippen molar-refractivity contribution in [2.24, 2.45) is 11.7 Å². The molecule has 0 radical (unpaired) electrons. The van der Waals surface area contributed by atoms with Gasteiger partial charge in [0.2, 0.25) is 0 Å². The second-order valence-electron chi connectivity index (χ2n) is 3.12. The summed E-state index contributed by atoms with van der Waals surface area (Å²) >= 11 is 3.28. The van der Waals surface area contributed by atoms with Crippen LogP contribution in [-0.2, 0) is 0 Å². The maximum atomic E-state index is 5.91. The fourth-order valence-electron chi connectivity index (χ4n) is 1.16. The van der Waals surface area contributed by atoms with E-state index in [0.29, 0.717) is 5.92 Å². The molecule has 1 aliphatic carbocycles.